The number of aryl methyl sites for hydroxylation is 2. The van der Waals surface area contributed by atoms with E-state index in [1.807, 2.05) is 13.1 Å². The van der Waals surface area contributed by atoms with Gasteiger partial charge in [-0.2, -0.15) is 10.4 Å². The van der Waals surface area contributed by atoms with Crippen LogP contribution in [-0.4, -0.2) is 20.8 Å². The Morgan fingerprint density at radius 2 is 2.20 bits per heavy atom. The van der Waals surface area contributed by atoms with Crippen LogP contribution in [0.3, 0.4) is 0 Å². The Balaban J connectivity index is 1.56. The van der Waals surface area contributed by atoms with E-state index in [1.165, 1.54) is 37.0 Å². The fraction of sp³-hybridized carbons (Fsp3) is 0.529. The second kappa shape index (κ2) is 8.12. The van der Waals surface area contributed by atoms with E-state index in [0.717, 1.165) is 5.69 Å². The number of hydrogen-bond acceptors (Lipinski definition) is 5. The third-order valence-corrected chi connectivity index (χ3v) is 5.49. The highest BCUT2D eigenvalue weighted by Gasteiger charge is 2.18. The second-order valence-electron chi connectivity index (χ2n) is 6.28. The fourth-order valence-electron chi connectivity index (χ4n) is 3.12. The summed E-state index contributed by atoms with van der Waals surface area (Å²) in [6.07, 6.45) is 8.58. The molecule has 0 saturated heterocycles. The third-order valence-electron chi connectivity index (χ3n) is 4.41. The molecule has 8 heteroatoms. The largest absolute Gasteiger partial charge is 0.326 e. The molecule has 2 heterocycles. The first kappa shape index (κ1) is 17.4. The van der Waals surface area contributed by atoms with Crippen molar-refractivity contribution in [1.82, 2.24) is 14.8 Å². The molecular weight excluding hydrogens is 336 g/mol. The molecule has 25 heavy (non-hydrogen) atoms. The van der Waals surface area contributed by atoms with E-state index in [9.17, 15) is 4.79 Å². The summed E-state index contributed by atoms with van der Waals surface area (Å²) in [5, 5.41) is 19.0. The predicted octanol–water partition coefficient (Wildman–Crippen LogP) is 4.25. The Kier molecular flexibility index (Phi) is 5.66. The van der Waals surface area contributed by atoms with Gasteiger partial charge in [0, 0.05) is 22.8 Å². The van der Waals surface area contributed by atoms with Crippen molar-refractivity contribution < 1.29 is 4.79 Å². The van der Waals surface area contributed by atoms with Crippen molar-refractivity contribution in [2.75, 3.05) is 10.6 Å². The Bertz CT molecular complexity index is 768. The molecule has 132 valence electrons. The quantitative estimate of drug-likeness (QED) is 0.835. The number of hydrogen-bond donors (Lipinski definition) is 2. The number of carbonyl (C=O) groups is 1. The zero-order valence-corrected chi connectivity index (χ0v) is 15.1. The number of nitrogens with one attached hydrogen (secondary N) is 2. The van der Waals surface area contributed by atoms with Crippen LogP contribution < -0.4 is 10.6 Å². The third kappa shape index (κ3) is 4.57. The van der Waals surface area contributed by atoms with E-state index < -0.39 is 0 Å². The first-order chi connectivity index (χ1) is 12.2. The van der Waals surface area contributed by atoms with Crippen molar-refractivity contribution in [2.24, 2.45) is 0 Å². The van der Waals surface area contributed by atoms with Crippen molar-refractivity contribution in [3.8, 4) is 6.07 Å². The number of rotatable bonds is 5. The minimum Gasteiger partial charge on any atom is -0.291 e. The van der Waals surface area contributed by atoms with Gasteiger partial charge in [0.05, 0.1) is 19.0 Å². The van der Waals surface area contributed by atoms with Crippen LogP contribution in [0.15, 0.2) is 12.3 Å². The molecule has 3 rings (SSSR count). The zero-order chi connectivity index (χ0) is 17.6. The Labute approximate surface area is 151 Å². The van der Waals surface area contributed by atoms with Crippen LogP contribution >= 0.6 is 11.3 Å². The standard InChI is InChI=1S/C17H22N6OS/c1-12-10-15(22-23(12)9-5-8-18)20-16(24)21-17-19-11-14(25-17)13-6-3-2-4-7-13/h10-11,13H,2-7,9H2,1H3,(H2,19,20,21,22,24). The molecular formula is C17H22N6OS. The lowest BCUT2D eigenvalue weighted by atomic mass is 9.89. The van der Waals surface area contributed by atoms with Gasteiger partial charge < -0.3 is 0 Å². The lowest BCUT2D eigenvalue weighted by Crippen LogP contribution is -2.19. The van der Waals surface area contributed by atoms with Crippen LogP contribution in [0.25, 0.3) is 0 Å². The first-order valence-electron chi connectivity index (χ1n) is 8.61. The molecule has 0 unspecified atom stereocenters. The minimum atomic E-state index is -0.352. The second-order valence-corrected chi connectivity index (χ2v) is 7.35. The maximum absolute atomic E-state index is 12.1. The van der Waals surface area contributed by atoms with Gasteiger partial charge in [0.15, 0.2) is 10.9 Å². The summed E-state index contributed by atoms with van der Waals surface area (Å²) in [6.45, 7) is 2.41. The molecule has 0 bridgehead atoms. The molecule has 0 atom stereocenters. The predicted molar refractivity (Wildman–Crippen MR) is 97.8 cm³/mol. The summed E-state index contributed by atoms with van der Waals surface area (Å²) in [7, 11) is 0. The van der Waals surface area contributed by atoms with Crippen LogP contribution in [0.4, 0.5) is 15.7 Å². The highest BCUT2D eigenvalue weighted by molar-refractivity contribution is 7.15. The Morgan fingerprint density at radius 1 is 1.40 bits per heavy atom. The summed E-state index contributed by atoms with van der Waals surface area (Å²) < 4.78 is 1.71. The molecule has 0 aromatic carbocycles. The smallest absolute Gasteiger partial charge is 0.291 e. The van der Waals surface area contributed by atoms with Gasteiger partial charge in [-0.3, -0.25) is 15.3 Å². The molecule has 0 spiro atoms. The van der Waals surface area contributed by atoms with E-state index in [0.29, 0.717) is 29.8 Å². The molecule has 7 nitrogen and oxygen atoms in total. The highest BCUT2D eigenvalue weighted by Crippen LogP contribution is 2.36. The first-order valence-corrected chi connectivity index (χ1v) is 9.42. The summed E-state index contributed by atoms with van der Waals surface area (Å²) in [5.41, 5.74) is 0.902. The number of urea groups is 1. The average molecular weight is 358 g/mol. The maximum atomic E-state index is 12.1. The summed E-state index contributed by atoms with van der Waals surface area (Å²) >= 11 is 1.55. The lowest BCUT2D eigenvalue weighted by Gasteiger charge is -2.19. The molecule has 0 radical (unpaired) electrons. The monoisotopic (exact) mass is 358 g/mol. The normalized spacial score (nSPS) is 14.9. The van der Waals surface area contributed by atoms with Crippen molar-refractivity contribution in [2.45, 2.75) is 57.9 Å². The number of nitriles is 1. The van der Waals surface area contributed by atoms with Gasteiger partial charge in [0.2, 0.25) is 0 Å². The topological polar surface area (TPSA) is 95.6 Å². The van der Waals surface area contributed by atoms with Crippen LogP contribution in [0.1, 0.15) is 55.0 Å². The zero-order valence-electron chi connectivity index (χ0n) is 14.3. The van der Waals surface area contributed by atoms with Crippen molar-refractivity contribution in [3.05, 3.63) is 22.8 Å². The number of amides is 2. The van der Waals surface area contributed by atoms with Gasteiger partial charge in [-0.05, 0) is 25.7 Å². The molecule has 1 saturated carbocycles. The van der Waals surface area contributed by atoms with Crippen LogP contribution in [0, 0.1) is 18.3 Å². The van der Waals surface area contributed by atoms with Gasteiger partial charge in [-0.1, -0.05) is 19.3 Å². The van der Waals surface area contributed by atoms with Gasteiger partial charge in [-0.15, -0.1) is 11.3 Å². The highest BCUT2D eigenvalue weighted by atomic mass is 32.1. The van der Waals surface area contributed by atoms with E-state index in [2.05, 4.69) is 26.8 Å². The number of aromatic nitrogens is 3. The lowest BCUT2D eigenvalue weighted by molar-refractivity contribution is 0.262. The van der Waals surface area contributed by atoms with Gasteiger partial charge in [-0.25, -0.2) is 9.78 Å². The van der Waals surface area contributed by atoms with Crippen molar-refractivity contribution in [1.29, 1.82) is 5.26 Å². The summed E-state index contributed by atoms with van der Waals surface area (Å²) in [6, 6.07) is 3.52. The molecule has 0 aliphatic heterocycles. The molecule has 2 aromatic heterocycles. The molecule has 2 amide bonds. The molecule has 2 N–H and O–H groups in total. The fourth-order valence-corrected chi connectivity index (χ4v) is 4.10. The minimum absolute atomic E-state index is 0.352. The number of thiazole rings is 1. The van der Waals surface area contributed by atoms with Gasteiger partial charge in [0.25, 0.3) is 0 Å². The van der Waals surface area contributed by atoms with Crippen LogP contribution in [0.5, 0.6) is 0 Å². The maximum Gasteiger partial charge on any atom is 0.326 e. The Hall–Kier alpha value is -2.40. The SMILES string of the molecule is Cc1cc(NC(=O)Nc2ncc(C3CCCCC3)s2)nn1CCC#N. The molecule has 1 aliphatic rings. The van der Waals surface area contributed by atoms with E-state index >= 15 is 0 Å². The number of anilines is 2. The van der Waals surface area contributed by atoms with Gasteiger partial charge in [0.1, 0.15) is 0 Å². The molecule has 1 aliphatic carbocycles. The average Bonchev–Trinajstić information content (AvgIpc) is 3.20. The van der Waals surface area contributed by atoms with E-state index in [-0.39, 0.29) is 6.03 Å². The van der Waals surface area contributed by atoms with E-state index in [1.54, 1.807) is 22.1 Å². The Morgan fingerprint density at radius 3 is 2.96 bits per heavy atom. The summed E-state index contributed by atoms with van der Waals surface area (Å²) in [4.78, 5) is 17.7. The number of nitrogens with zero attached hydrogens (tertiary/aromatic N) is 4. The van der Waals surface area contributed by atoms with Crippen molar-refractivity contribution in [3.63, 3.8) is 0 Å². The number of carbonyl (C=O) groups excluding carboxylic acids is 1. The van der Waals surface area contributed by atoms with Crippen LogP contribution in [0.2, 0.25) is 0 Å². The molecule has 1 fully saturated rings. The van der Waals surface area contributed by atoms with Crippen LogP contribution in [-0.2, 0) is 6.54 Å². The molecule has 2 aromatic rings. The summed E-state index contributed by atoms with van der Waals surface area (Å²) in [5.74, 6) is 1.06. The van der Waals surface area contributed by atoms with Gasteiger partial charge >= 0.3 is 6.03 Å². The van der Waals surface area contributed by atoms with E-state index in [4.69, 9.17) is 5.26 Å². The van der Waals surface area contributed by atoms with Crippen molar-refractivity contribution >= 4 is 28.3 Å².